The second-order valence-electron chi connectivity index (χ2n) is 24.3. The summed E-state index contributed by atoms with van der Waals surface area (Å²) in [5, 5.41) is 6.07. The summed E-state index contributed by atoms with van der Waals surface area (Å²) in [6, 6.07) is 67.1. The van der Waals surface area contributed by atoms with E-state index in [1.807, 2.05) is 146 Å². The van der Waals surface area contributed by atoms with Crippen molar-refractivity contribution in [3.63, 3.8) is 0 Å². The molecule has 28 bridgehead atoms. The van der Waals surface area contributed by atoms with E-state index in [1.54, 1.807) is 21.3 Å². The minimum Gasteiger partial charge on any atom is -0.493 e. The van der Waals surface area contributed by atoms with Gasteiger partial charge in [-0.3, -0.25) is 19.9 Å². The highest BCUT2D eigenvalue weighted by atomic mass is 16.6. The average molecular weight is 1290 g/mol. The fourth-order valence-electron chi connectivity index (χ4n) is 12.9. The number of methoxy groups -OCH3 is 3. The molecule has 0 saturated carbocycles. The number of pyridine rings is 3. The Morgan fingerprint density at radius 3 is 0.794 bits per heavy atom. The highest BCUT2D eigenvalue weighted by molar-refractivity contribution is 5.87. The first-order valence-electron chi connectivity index (χ1n) is 32.7. The Balaban J connectivity index is 0.798. The van der Waals surface area contributed by atoms with Gasteiger partial charge < -0.3 is 56.8 Å². The minimum atomic E-state index is 0.263. The van der Waals surface area contributed by atoms with Crippen LogP contribution < -0.4 is 56.8 Å². The third-order valence-corrected chi connectivity index (χ3v) is 17.7. The number of rotatable bonds is 3. The molecule has 9 aromatic carbocycles. The summed E-state index contributed by atoms with van der Waals surface area (Å²) in [7, 11) is 5.01. The third kappa shape index (κ3) is 14.7. The number of hydrogen-bond donors (Lipinski definition) is 0. The summed E-state index contributed by atoms with van der Waals surface area (Å²) in [6.45, 7) is 4.03. The molecule has 97 heavy (non-hydrogen) atoms. The van der Waals surface area contributed by atoms with Crippen LogP contribution in [0.5, 0.6) is 69.0 Å². The molecule has 16 nitrogen and oxygen atoms in total. The Bertz CT molecular complexity index is 4390. The van der Waals surface area contributed by atoms with Crippen LogP contribution in [0.3, 0.4) is 0 Å². The van der Waals surface area contributed by atoms with E-state index < -0.39 is 0 Å². The Morgan fingerprint density at radius 2 is 0.515 bits per heavy atom. The van der Waals surface area contributed by atoms with Gasteiger partial charge in [0.2, 0.25) is 0 Å². The Kier molecular flexibility index (Phi) is 18.1. The average Bonchev–Trinajstić information content (AvgIpc) is 1.72. The molecule has 16 heteroatoms. The van der Waals surface area contributed by atoms with E-state index in [-0.39, 0.29) is 39.6 Å². The highest BCUT2D eigenvalue weighted by Gasteiger charge is 2.24. The van der Waals surface area contributed by atoms with Crippen molar-refractivity contribution < 1.29 is 56.8 Å². The van der Waals surface area contributed by atoms with Gasteiger partial charge >= 0.3 is 0 Å². The predicted octanol–water partition coefficient (Wildman–Crippen LogP) is 15.4. The lowest BCUT2D eigenvalue weighted by Crippen LogP contribution is -2.24. The van der Waals surface area contributed by atoms with Crippen LogP contribution in [0.15, 0.2) is 200 Å². The number of benzene rings is 9. The van der Waals surface area contributed by atoms with Crippen LogP contribution in [0.4, 0.5) is 0 Å². The summed E-state index contributed by atoms with van der Waals surface area (Å²) in [6.07, 6.45) is 1.70. The molecule has 31 aliphatic rings. The molecule has 0 amide bonds. The van der Waals surface area contributed by atoms with Gasteiger partial charge in [0.15, 0.2) is 34.5 Å². The molecule has 3 aromatic heterocycles. The minimum absolute atomic E-state index is 0.263. The lowest BCUT2D eigenvalue weighted by Gasteiger charge is -2.22. The number of ether oxygens (including phenoxy) is 12. The number of hydrogen-bond acceptors (Lipinski definition) is 16. The molecule has 33 heterocycles. The molecule has 12 aromatic rings. The van der Waals surface area contributed by atoms with E-state index in [4.69, 9.17) is 71.8 Å². The van der Waals surface area contributed by atoms with Gasteiger partial charge in [-0.05, 0) is 231 Å². The maximum absolute atomic E-state index is 6.58. The van der Waals surface area contributed by atoms with Gasteiger partial charge in [-0.1, -0.05) is 54.6 Å². The second-order valence-corrected chi connectivity index (χ2v) is 24.3. The van der Waals surface area contributed by atoms with E-state index in [0.29, 0.717) is 93.2 Å². The summed E-state index contributed by atoms with van der Waals surface area (Å²) in [4.78, 5) is 17.7. The van der Waals surface area contributed by atoms with E-state index in [1.165, 1.54) is 0 Å². The molecule has 0 atom stereocenters. The molecule has 0 spiro atoms. The number of aromatic nitrogens is 3. The molecule has 0 N–H and O–H groups in total. The first-order valence-corrected chi connectivity index (χ1v) is 32.7. The Hall–Kier alpha value is -11.2. The van der Waals surface area contributed by atoms with Crippen LogP contribution in [-0.4, -0.2) is 80.8 Å². The zero-order valence-electron chi connectivity index (χ0n) is 54.3. The molecule has 43 rings (SSSR count). The molecule has 0 saturated heterocycles. The fourth-order valence-corrected chi connectivity index (χ4v) is 12.9. The smallest absolute Gasteiger partial charge is 0.161 e. The largest absolute Gasteiger partial charge is 0.493 e. The van der Waals surface area contributed by atoms with Gasteiger partial charge in [0.05, 0.1) is 55.5 Å². The van der Waals surface area contributed by atoms with Gasteiger partial charge in [-0.25, -0.2) is 0 Å². The van der Waals surface area contributed by atoms with Crippen molar-refractivity contribution in [3.8, 4) is 69.0 Å². The lowest BCUT2D eigenvalue weighted by atomic mass is 9.94. The summed E-state index contributed by atoms with van der Waals surface area (Å²) in [5.41, 5.74) is 11.4. The monoisotopic (exact) mass is 1290 g/mol. The number of fused-ring (bicyclic) bond motifs is 1. The van der Waals surface area contributed by atoms with Gasteiger partial charge in [0.1, 0.15) is 94.0 Å². The SMILES string of the molecule is COc1cc2c3cc1OCCOc1ccc4cc(ccc4c1)OCc1cccc(n1)CN1Cc4cccc(n4)COc4ccc5cc(ccc5c4)OCCOc4cc(c(cc4OC)C3)Cc3cc(OC)c(cc3C2)OCCOc2ccc3cc(ccc3c2)OCc2cccc(n2)C1. The zero-order valence-corrected chi connectivity index (χ0v) is 54.3. The quantitative estimate of drug-likeness (QED) is 0.165. The topological polar surface area (TPSA) is 153 Å². The van der Waals surface area contributed by atoms with Crippen molar-refractivity contribution in [1.82, 2.24) is 19.9 Å². The van der Waals surface area contributed by atoms with Crippen molar-refractivity contribution >= 4 is 32.3 Å². The first-order chi connectivity index (χ1) is 47.7. The summed E-state index contributed by atoms with van der Waals surface area (Å²) >= 11 is 0. The van der Waals surface area contributed by atoms with Crippen molar-refractivity contribution in [2.24, 2.45) is 0 Å². The third-order valence-electron chi connectivity index (χ3n) is 17.7. The van der Waals surface area contributed by atoms with E-state index >= 15 is 0 Å². The van der Waals surface area contributed by atoms with Crippen molar-refractivity contribution in [2.75, 3.05) is 61.0 Å². The molecule has 0 radical (unpaired) electrons. The van der Waals surface area contributed by atoms with Crippen molar-refractivity contribution in [3.05, 3.63) is 268 Å². The Morgan fingerprint density at radius 1 is 0.268 bits per heavy atom. The number of nitrogens with zero attached hydrogens (tertiary/aromatic N) is 4. The molecule has 0 unspecified atom stereocenters. The van der Waals surface area contributed by atoms with Gasteiger partial charge in [0.25, 0.3) is 0 Å². The first kappa shape index (κ1) is 61.9. The molecular formula is C81H72N4O12. The van der Waals surface area contributed by atoms with Crippen molar-refractivity contribution in [1.29, 1.82) is 0 Å². The lowest BCUT2D eigenvalue weighted by molar-refractivity contribution is 0.211. The van der Waals surface area contributed by atoms with E-state index in [0.717, 1.165) is 134 Å². The van der Waals surface area contributed by atoms with Crippen LogP contribution in [0, 0.1) is 0 Å². The van der Waals surface area contributed by atoms with Crippen LogP contribution in [0.25, 0.3) is 32.3 Å². The van der Waals surface area contributed by atoms with Crippen LogP contribution >= 0.6 is 0 Å². The molecule has 488 valence electrons. The normalized spacial score (nSPS) is 14.6. The standard InChI is InChI=1S/C81H72N4O12/c1-86-76-40-58-31-62-44-80-78(88-3)42-60(62)33-63-45-81-77(87-2)41-59(63)32-61(58)43-79(76)92-28-25-89-70-19-13-55-37-73(22-16-52(55)34-70)95-49-67-10-4-7-64(82-67)46-85(47-65-8-5-11-68(83-65)50-96-74-23-17-53-35-71(90-26-29-93-80)20-14-56(53)38-74)48-66-9-6-12-69(84-66)51-97-75-24-18-54-36-72(91-27-30-94-81)21-15-57(54)39-75/h4-24,34-45H,25-33,46-51H2,1-3H3. The van der Waals surface area contributed by atoms with E-state index in [2.05, 4.69) is 59.5 Å². The van der Waals surface area contributed by atoms with Gasteiger partial charge in [-0.2, -0.15) is 0 Å². The van der Waals surface area contributed by atoms with Crippen LogP contribution in [0.2, 0.25) is 0 Å². The summed E-state index contributed by atoms with van der Waals surface area (Å²) < 4.78 is 76.4. The maximum Gasteiger partial charge on any atom is 0.161 e. The summed E-state index contributed by atoms with van der Waals surface area (Å²) in [5.74, 6) is 8.00. The molecule has 0 fully saturated rings. The van der Waals surface area contributed by atoms with Crippen LogP contribution in [-0.2, 0) is 58.7 Å². The molecule has 1 aliphatic carbocycles. The Labute approximate surface area is 562 Å². The maximum atomic E-state index is 6.58. The zero-order chi connectivity index (χ0) is 65.4. The van der Waals surface area contributed by atoms with Gasteiger partial charge in [0, 0.05) is 19.6 Å². The van der Waals surface area contributed by atoms with E-state index in [9.17, 15) is 0 Å². The highest BCUT2D eigenvalue weighted by Crippen LogP contribution is 2.42. The second kappa shape index (κ2) is 28.4. The van der Waals surface area contributed by atoms with Gasteiger partial charge in [-0.15, -0.1) is 0 Å². The predicted molar refractivity (Wildman–Crippen MR) is 371 cm³/mol. The molecular weight excluding hydrogens is 1220 g/mol. The molecule has 30 aliphatic heterocycles. The van der Waals surface area contributed by atoms with Crippen LogP contribution in [0.1, 0.15) is 67.5 Å². The van der Waals surface area contributed by atoms with Crippen molar-refractivity contribution in [2.45, 2.75) is 58.7 Å². The fraction of sp³-hybridized carbons (Fsp3) is 0.222.